The fourth-order valence-corrected chi connectivity index (χ4v) is 10.9. The topological polar surface area (TPSA) is 192 Å². The van der Waals surface area contributed by atoms with Crippen LogP contribution in [-0.4, -0.2) is 93.1 Å². The van der Waals surface area contributed by atoms with Crippen LogP contribution in [0.4, 0.5) is 9.59 Å². The summed E-state index contributed by atoms with van der Waals surface area (Å²) < 4.78 is 9.57. The van der Waals surface area contributed by atoms with E-state index in [-0.39, 0.29) is 35.3 Å². The van der Waals surface area contributed by atoms with Gasteiger partial charge < -0.3 is 39.9 Å². The number of methoxy groups -OCH3 is 2. The van der Waals surface area contributed by atoms with Crippen molar-refractivity contribution in [3.8, 4) is 33.5 Å². The van der Waals surface area contributed by atoms with Gasteiger partial charge in [-0.25, -0.2) is 19.6 Å². The van der Waals surface area contributed by atoms with E-state index in [2.05, 4.69) is 63.1 Å². The van der Waals surface area contributed by atoms with E-state index in [1.807, 2.05) is 50.9 Å². The highest BCUT2D eigenvalue weighted by atomic mass is 16.5. The lowest BCUT2D eigenvalue weighted by Crippen LogP contribution is -2.51. The highest BCUT2D eigenvalue weighted by Gasteiger charge is 2.42. The number of ether oxygens (including phenoxy) is 2. The van der Waals surface area contributed by atoms with Crippen molar-refractivity contribution < 1.29 is 28.7 Å². The number of rotatable bonds is 11. The number of hydrogen-bond donors (Lipinski definition) is 4. The van der Waals surface area contributed by atoms with E-state index in [0.29, 0.717) is 48.1 Å². The number of amides is 4. The molecule has 3 aromatic carbocycles. The number of likely N-dealkylation sites (tertiary alicyclic amines) is 2. The lowest BCUT2D eigenvalue weighted by atomic mass is 9.81. The second kappa shape index (κ2) is 17.8. The van der Waals surface area contributed by atoms with Gasteiger partial charge in [-0.1, -0.05) is 70.2 Å². The van der Waals surface area contributed by atoms with Gasteiger partial charge >= 0.3 is 12.2 Å². The Balaban J connectivity index is 0.956. The number of carbonyl (C=O) groups excluding carboxylic acids is 4. The van der Waals surface area contributed by atoms with Crippen molar-refractivity contribution in [3.05, 3.63) is 93.9 Å². The molecule has 5 aromatic rings. The fraction of sp³-hybridized carbons (Fsp3) is 0.460. The van der Waals surface area contributed by atoms with Crippen molar-refractivity contribution in [2.24, 2.45) is 11.8 Å². The third kappa shape index (κ3) is 8.14. The van der Waals surface area contributed by atoms with Gasteiger partial charge in [-0.3, -0.25) is 14.4 Å². The highest BCUT2D eigenvalue weighted by molar-refractivity contribution is 5.89. The van der Waals surface area contributed by atoms with Gasteiger partial charge in [0.15, 0.2) is 0 Å². The van der Waals surface area contributed by atoms with Gasteiger partial charge in [0, 0.05) is 13.1 Å². The summed E-state index contributed by atoms with van der Waals surface area (Å²) in [6.07, 6.45) is 6.97. The minimum absolute atomic E-state index is 0.114. The van der Waals surface area contributed by atoms with E-state index in [1.54, 1.807) is 4.90 Å². The first-order valence-corrected chi connectivity index (χ1v) is 23.0. The third-order valence-electron chi connectivity index (χ3n) is 14.2. The van der Waals surface area contributed by atoms with Crippen LogP contribution in [0.25, 0.3) is 44.4 Å². The summed E-state index contributed by atoms with van der Waals surface area (Å²) in [5.41, 5.74) is 9.45. The normalized spacial score (nSPS) is 20.9. The minimum Gasteiger partial charge on any atom is -0.453 e. The first-order chi connectivity index (χ1) is 31.3. The Morgan fingerprint density at radius 2 is 1.20 bits per heavy atom. The summed E-state index contributed by atoms with van der Waals surface area (Å²) in [4.78, 5) is 85.1. The summed E-state index contributed by atoms with van der Waals surface area (Å²) in [7, 11) is 2.57. The number of H-pyrrole nitrogens is 2. The maximum atomic E-state index is 13.9. The van der Waals surface area contributed by atoms with E-state index in [9.17, 15) is 24.0 Å². The summed E-state index contributed by atoms with van der Waals surface area (Å²) in [5.74, 6) is 1.44. The zero-order chi connectivity index (χ0) is 45.7. The van der Waals surface area contributed by atoms with Crippen molar-refractivity contribution in [3.63, 3.8) is 0 Å². The van der Waals surface area contributed by atoms with Crippen molar-refractivity contribution in [1.29, 1.82) is 0 Å². The van der Waals surface area contributed by atoms with Crippen molar-refractivity contribution >= 4 is 34.9 Å². The number of hydrogen-bond acceptors (Lipinski definition) is 9. The molecule has 65 heavy (non-hydrogen) atoms. The van der Waals surface area contributed by atoms with Gasteiger partial charge in [0.2, 0.25) is 11.8 Å². The summed E-state index contributed by atoms with van der Waals surface area (Å²) in [5, 5.41) is 5.89. The first-order valence-electron chi connectivity index (χ1n) is 23.0. The van der Waals surface area contributed by atoms with E-state index in [1.165, 1.54) is 30.9 Å². The second-order valence-electron chi connectivity index (χ2n) is 18.7. The number of benzene rings is 3. The molecule has 1 saturated carbocycles. The Kier molecular flexibility index (Phi) is 12.0. The van der Waals surface area contributed by atoms with Gasteiger partial charge in [0.1, 0.15) is 23.7 Å². The van der Waals surface area contributed by atoms with Crippen LogP contribution in [0.5, 0.6) is 0 Å². The zero-order valence-corrected chi connectivity index (χ0v) is 37.9. The molecule has 340 valence electrons. The monoisotopic (exact) mass is 882 g/mol. The molecule has 2 bridgehead atoms. The van der Waals surface area contributed by atoms with Crippen LogP contribution >= 0.6 is 0 Å². The predicted octanol–water partition coefficient (Wildman–Crippen LogP) is 8.10. The Morgan fingerprint density at radius 1 is 0.677 bits per heavy atom. The number of aromatic amines is 2. The molecule has 9 rings (SSSR count). The summed E-state index contributed by atoms with van der Waals surface area (Å²) in [6.45, 7) is 8.65. The molecule has 0 spiro atoms. The Bertz CT molecular complexity index is 2710. The quantitative estimate of drug-likeness (QED) is 0.102. The van der Waals surface area contributed by atoms with Crippen LogP contribution < -0.4 is 16.2 Å². The van der Waals surface area contributed by atoms with Crippen LogP contribution in [0.1, 0.15) is 119 Å². The van der Waals surface area contributed by atoms with Gasteiger partial charge in [0.05, 0.1) is 49.1 Å². The number of nitrogens with one attached hydrogen (secondary N) is 4. The number of alkyl carbamates (subject to hydrolysis) is 2. The largest absolute Gasteiger partial charge is 0.453 e. The Hall–Kier alpha value is -6.51. The molecule has 4 amide bonds. The van der Waals surface area contributed by atoms with Crippen LogP contribution in [0.2, 0.25) is 0 Å². The molecule has 2 aromatic heterocycles. The van der Waals surface area contributed by atoms with Crippen molar-refractivity contribution in [2.75, 3.05) is 27.3 Å². The van der Waals surface area contributed by atoms with Crippen LogP contribution in [0, 0.1) is 11.8 Å². The van der Waals surface area contributed by atoms with Gasteiger partial charge in [-0.15, -0.1) is 0 Å². The van der Waals surface area contributed by atoms with Crippen molar-refractivity contribution in [1.82, 2.24) is 40.4 Å². The molecule has 4 N–H and O–H groups in total. The number of carbonyl (C=O) groups is 4. The zero-order valence-electron chi connectivity index (χ0n) is 37.9. The van der Waals surface area contributed by atoms with E-state index < -0.39 is 30.3 Å². The number of imidazole rings is 1. The molecular weight excluding hydrogens is 825 g/mol. The average Bonchev–Trinajstić information content (AvgIpc) is 4.18. The minimum atomic E-state index is -0.769. The maximum absolute atomic E-state index is 13.9. The maximum Gasteiger partial charge on any atom is 0.407 e. The lowest BCUT2D eigenvalue weighted by Gasteiger charge is -2.30. The fourth-order valence-electron chi connectivity index (χ4n) is 10.9. The molecule has 2 saturated heterocycles. The number of aromatic nitrogens is 4. The van der Waals surface area contributed by atoms with Crippen LogP contribution in [0.3, 0.4) is 0 Å². The van der Waals surface area contributed by atoms with Crippen molar-refractivity contribution in [2.45, 2.75) is 109 Å². The number of nitrogens with zero attached hydrogens (tertiary/aromatic N) is 4. The summed E-state index contributed by atoms with van der Waals surface area (Å²) in [6, 6.07) is 16.8. The third-order valence-corrected chi connectivity index (χ3v) is 14.2. The average molecular weight is 883 g/mol. The van der Waals surface area contributed by atoms with Gasteiger partial charge in [-0.05, 0) is 120 Å². The van der Waals surface area contributed by atoms with E-state index in [0.717, 1.165) is 72.3 Å². The van der Waals surface area contributed by atoms with Gasteiger partial charge in [0.25, 0.3) is 5.56 Å². The predicted molar refractivity (Wildman–Crippen MR) is 246 cm³/mol. The molecule has 6 atom stereocenters. The standard InChI is InChI=1S/C50H58N8O7/c1-26(2)42(54-49(62)64-5)47(60)57-21-7-9-38(57)44-51-25-37(53-44)29-13-11-28(12-14-29)33-18-19-34(41-32-16-15-31(23-32)40(33)41)30-17-20-36-35(24-30)46(59)56-45(52-36)39-10-8-22-58(39)48(61)43(27(3)4)55-50(63)65-6/h11-14,17-20,24-27,31-32,38-39,42-43H,7-10,15-16,21-23H2,1-6H3,(H,51,53)(H,54,62)(H,55,63)(H,52,56,59)/t31?,32?,38-,39-,42-,43-/m0/s1. The second-order valence-corrected chi connectivity index (χ2v) is 18.7. The molecule has 2 aliphatic carbocycles. The smallest absolute Gasteiger partial charge is 0.407 e. The van der Waals surface area contributed by atoms with E-state index >= 15 is 0 Å². The van der Waals surface area contributed by atoms with Crippen LogP contribution in [0.15, 0.2) is 65.6 Å². The first kappa shape index (κ1) is 43.7. The van der Waals surface area contributed by atoms with Crippen LogP contribution in [-0.2, 0) is 19.1 Å². The number of fused-ring (bicyclic) bond motifs is 6. The molecule has 3 fully saturated rings. The Morgan fingerprint density at radius 3 is 1.75 bits per heavy atom. The molecule has 15 nitrogen and oxygen atoms in total. The molecular formula is C50H58N8O7. The molecule has 2 unspecified atom stereocenters. The molecule has 0 radical (unpaired) electrons. The highest BCUT2D eigenvalue weighted by Crippen LogP contribution is 2.58. The molecule has 2 aliphatic heterocycles. The van der Waals surface area contributed by atoms with E-state index in [4.69, 9.17) is 19.4 Å². The molecule has 4 aliphatic rings. The SMILES string of the molecule is COC(=O)N[C@H](C(=O)N1CCC[C@H]1c1ncc(-c2ccc(-c3ccc(-c4ccc5nc([C@@H]6CCCN6C(=O)[C@@H](NC(=O)OC)C(C)C)[nH]c(=O)c5c4)c4c3C3CCC4C3)cc2)[nH]1)C(C)C. The molecule has 4 heterocycles. The summed E-state index contributed by atoms with van der Waals surface area (Å²) >= 11 is 0. The lowest BCUT2D eigenvalue weighted by molar-refractivity contribution is -0.136. The Labute approximate surface area is 378 Å². The van der Waals surface area contributed by atoms with Gasteiger partial charge in [-0.2, -0.15) is 0 Å². The molecule has 15 heteroatoms.